The van der Waals surface area contributed by atoms with E-state index < -0.39 is 6.10 Å². The molecule has 1 saturated carbocycles. The molecule has 0 aromatic heterocycles. The van der Waals surface area contributed by atoms with Crippen molar-refractivity contribution in [1.29, 1.82) is 0 Å². The van der Waals surface area contributed by atoms with Crippen molar-refractivity contribution in [2.24, 2.45) is 0 Å². The molecule has 3 heteroatoms. The number of carbonyl (C=O) groups is 1. The molecule has 0 heterocycles. The minimum absolute atomic E-state index is 0.0661. The molecule has 3 nitrogen and oxygen atoms in total. The number of ether oxygens (including phenoxy) is 1. The molecule has 1 aliphatic carbocycles. The van der Waals surface area contributed by atoms with Crippen LogP contribution in [0.5, 0.6) is 5.75 Å². The molecular formula is C21H25NO2. The molecule has 3 rings (SSSR count). The SMILES string of the molecule is CC(C)(C)c1ccc(O[C@@H](C(=O)NC2CC2)c2ccccc2)cc1. The van der Waals surface area contributed by atoms with Gasteiger partial charge < -0.3 is 10.1 Å². The molecule has 1 N–H and O–H groups in total. The van der Waals surface area contributed by atoms with Gasteiger partial charge in [-0.1, -0.05) is 63.2 Å². The average Bonchev–Trinajstić information content (AvgIpc) is 3.37. The van der Waals surface area contributed by atoms with Crippen molar-refractivity contribution in [1.82, 2.24) is 5.32 Å². The van der Waals surface area contributed by atoms with E-state index in [9.17, 15) is 4.79 Å². The standard InChI is InChI=1S/C21H25NO2/c1-21(2,3)16-9-13-18(14-10-16)24-19(15-7-5-4-6-8-15)20(23)22-17-11-12-17/h4-10,13-14,17,19H,11-12H2,1-3H3,(H,22,23)/t19-/m1/s1. The van der Waals surface area contributed by atoms with Crippen LogP contribution < -0.4 is 10.1 Å². The number of amides is 1. The Morgan fingerprint density at radius 3 is 2.21 bits per heavy atom. The largest absolute Gasteiger partial charge is 0.476 e. The van der Waals surface area contributed by atoms with Crippen molar-refractivity contribution < 1.29 is 9.53 Å². The maximum Gasteiger partial charge on any atom is 0.266 e. The van der Waals surface area contributed by atoms with Gasteiger partial charge in [0, 0.05) is 11.6 Å². The van der Waals surface area contributed by atoms with Gasteiger partial charge in [0.1, 0.15) is 5.75 Å². The van der Waals surface area contributed by atoms with E-state index in [-0.39, 0.29) is 11.3 Å². The van der Waals surface area contributed by atoms with Crippen molar-refractivity contribution in [3.05, 3.63) is 65.7 Å². The van der Waals surface area contributed by atoms with E-state index in [1.165, 1.54) is 5.56 Å². The maximum atomic E-state index is 12.6. The van der Waals surface area contributed by atoms with Crippen LogP contribution in [0, 0.1) is 0 Å². The van der Waals surface area contributed by atoms with Crippen molar-refractivity contribution in [2.75, 3.05) is 0 Å². The molecule has 2 aromatic carbocycles. The summed E-state index contributed by atoms with van der Waals surface area (Å²) in [4.78, 5) is 12.6. The fraction of sp³-hybridized carbons (Fsp3) is 0.381. The van der Waals surface area contributed by atoms with E-state index in [1.54, 1.807) is 0 Å². The Hall–Kier alpha value is -2.29. The molecule has 0 radical (unpaired) electrons. The quantitative estimate of drug-likeness (QED) is 0.886. The Morgan fingerprint density at radius 1 is 1.04 bits per heavy atom. The normalized spacial score (nSPS) is 15.6. The van der Waals surface area contributed by atoms with E-state index in [1.807, 2.05) is 42.5 Å². The number of rotatable bonds is 5. The van der Waals surface area contributed by atoms with Crippen LogP contribution in [0.1, 0.15) is 50.8 Å². The van der Waals surface area contributed by atoms with Crippen LogP contribution in [0.2, 0.25) is 0 Å². The molecule has 2 aromatic rings. The van der Waals surface area contributed by atoms with Gasteiger partial charge in [-0.2, -0.15) is 0 Å². The van der Waals surface area contributed by atoms with Gasteiger partial charge in [-0.25, -0.2) is 0 Å². The number of benzene rings is 2. The van der Waals surface area contributed by atoms with Crippen LogP contribution in [-0.4, -0.2) is 11.9 Å². The first kappa shape index (κ1) is 16.6. The molecule has 0 saturated heterocycles. The van der Waals surface area contributed by atoms with Crippen LogP contribution in [0.3, 0.4) is 0 Å². The molecule has 0 bridgehead atoms. The summed E-state index contributed by atoms with van der Waals surface area (Å²) in [5.41, 5.74) is 2.21. The van der Waals surface area contributed by atoms with E-state index in [2.05, 4.69) is 38.2 Å². The van der Waals surface area contributed by atoms with Gasteiger partial charge in [0.2, 0.25) is 6.10 Å². The first-order valence-corrected chi connectivity index (χ1v) is 8.56. The first-order chi connectivity index (χ1) is 11.4. The van der Waals surface area contributed by atoms with Crippen molar-refractivity contribution in [3.8, 4) is 5.75 Å². The summed E-state index contributed by atoms with van der Waals surface area (Å²) in [5.74, 6) is 0.645. The summed E-state index contributed by atoms with van der Waals surface area (Å²) >= 11 is 0. The minimum atomic E-state index is -0.618. The lowest BCUT2D eigenvalue weighted by Gasteiger charge is -2.21. The summed E-state index contributed by atoms with van der Waals surface area (Å²) in [6, 6.07) is 18.0. The number of nitrogens with one attached hydrogen (secondary N) is 1. The topological polar surface area (TPSA) is 38.3 Å². The summed E-state index contributed by atoms with van der Waals surface area (Å²) < 4.78 is 6.05. The minimum Gasteiger partial charge on any atom is -0.476 e. The lowest BCUT2D eigenvalue weighted by atomic mass is 9.87. The summed E-state index contributed by atoms with van der Waals surface area (Å²) in [6.07, 6.45) is 1.51. The predicted octanol–water partition coefficient (Wildman–Crippen LogP) is 4.38. The van der Waals surface area contributed by atoms with Crippen LogP contribution in [0.25, 0.3) is 0 Å². The Labute approximate surface area is 144 Å². The molecule has 1 amide bonds. The highest BCUT2D eigenvalue weighted by Crippen LogP contribution is 2.28. The third-order valence-electron chi connectivity index (χ3n) is 4.24. The Morgan fingerprint density at radius 2 is 1.67 bits per heavy atom. The summed E-state index contributed by atoms with van der Waals surface area (Å²) in [6.45, 7) is 6.54. The zero-order valence-corrected chi connectivity index (χ0v) is 14.6. The molecule has 24 heavy (non-hydrogen) atoms. The molecule has 0 aliphatic heterocycles. The monoisotopic (exact) mass is 323 g/mol. The van der Waals surface area contributed by atoms with Crippen molar-refractivity contribution >= 4 is 5.91 Å². The fourth-order valence-corrected chi connectivity index (χ4v) is 2.57. The van der Waals surface area contributed by atoms with Gasteiger partial charge in [-0.05, 0) is 36.0 Å². The second kappa shape index (κ2) is 6.68. The first-order valence-electron chi connectivity index (χ1n) is 8.56. The molecule has 1 atom stereocenters. The number of hydrogen-bond acceptors (Lipinski definition) is 2. The van der Waals surface area contributed by atoms with Crippen LogP contribution in [0.15, 0.2) is 54.6 Å². The van der Waals surface area contributed by atoms with Crippen LogP contribution >= 0.6 is 0 Å². The molecule has 0 spiro atoms. The summed E-state index contributed by atoms with van der Waals surface area (Å²) in [7, 11) is 0. The molecule has 0 unspecified atom stereocenters. The van der Waals surface area contributed by atoms with E-state index >= 15 is 0 Å². The second-order valence-electron chi connectivity index (χ2n) is 7.47. The molecule has 1 fully saturated rings. The van der Waals surface area contributed by atoms with Crippen molar-refractivity contribution in [3.63, 3.8) is 0 Å². The molecule has 126 valence electrons. The highest BCUT2D eigenvalue weighted by molar-refractivity contribution is 5.83. The Balaban J connectivity index is 1.79. The zero-order chi connectivity index (χ0) is 17.2. The van der Waals surface area contributed by atoms with Gasteiger partial charge in [0.25, 0.3) is 5.91 Å². The van der Waals surface area contributed by atoms with Gasteiger partial charge >= 0.3 is 0 Å². The highest BCUT2D eigenvalue weighted by Gasteiger charge is 2.29. The predicted molar refractivity (Wildman–Crippen MR) is 96.1 cm³/mol. The third-order valence-corrected chi connectivity index (χ3v) is 4.24. The third kappa shape index (κ3) is 4.16. The van der Waals surface area contributed by atoms with E-state index in [4.69, 9.17) is 4.74 Å². The zero-order valence-electron chi connectivity index (χ0n) is 14.6. The Bertz CT molecular complexity index is 682. The van der Waals surface area contributed by atoms with Gasteiger partial charge in [-0.15, -0.1) is 0 Å². The summed E-state index contributed by atoms with van der Waals surface area (Å²) in [5, 5.41) is 3.04. The fourth-order valence-electron chi connectivity index (χ4n) is 2.57. The van der Waals surface area contributed by atoms with E-state index in [0.29, 0.717) is 11.8 Å². The maximum absolute atomic E-state index is 12.6. The lowest BCUT2D eigenvalue weighted by molar-refractivity contribution is -0.128. The van der Waals surface area contributed by atoms with Crippen molar-refractivity contribution in [2.45, 2.75) is 51.2 Å². The molecular weight excluding hydrogens is 298 g/mol. The van der Waals surface area contributed by atoms with E-state index in [0.717, 1.165) is 18.4 Å². The number of carbonyl (C=O) groups excluding carboxylic acids is 1. The molecule has 1 aliphatic rings. The van der Waals surface area contributed by atoms with Gasteiger partial charge in [0.15, 0.2) is 0 Å². The smallest absolute Gasteiger partial charge is 0.266 e. The van der Waals surface area contributed by atoms with Crippen LogP contribution in [0.4, 0.5) is 0 Å². The average molecular weight is 323 g/mol. The second-order valence-corrected chi connectivity index (χ2v) is 7.47. The van der Waals surface area contributed by atoms with Crippen LogP contribution in [-0.2, 0) is 10.2 Å². The van der Waals surface area contributed by atoms with Gasteiger partial charge in [0.05, 0.1) is 0 Å². The van der Waals surface area contributed by atoms with Gasteiger partial charge in [-0.3, -0.25) is 4.79 Å². The highest BCUT2D eigenvalue weighted by atomic mass is 16.5. The Kier molecular flexibility index (Phi) is 4.61. The number of hydrogen-bond donors (Lipinski definition) is 1. The lowest BCUT2D eigenvalue weighted by Crippen LogP contribution is -2.33.